The lowest BCUT2D eigenvalue weighted by molar-refractivity contribution is 0.0474. The molecule has 0 amide bonds. The second-order valence-electron chi connectivity index (χ2n) is 7.34. The summed E-state index contributed by atoms with van der Waals surface area (Å²) in [4.78, 5) is 25.0. The maximum Gasteiger partial charge on any atom is 0.338 e. The van der Waals surface area contributed by atoms with Gasteiger partial charge in [-0.05, 0) is 44.5 Å². The normalized spacial score (nSPS) is 15.2. The van der Waals surface area contributed by atoms with Crippen molar-refractivity contribution in [2.45, 2.75) is 25.7 Å². The smallest absolute Gasteiger partial charge is 0.338 e. The predicted molar refractivity (Wildman–Crippen MR) is 110 cm³/mol. The summed E-state index contributed by atoms with van der Waals surface area (Å²) in [6.07, 6.45) is 0. The molecular weight excluding hydrogens is 408 g/mol. The van der Waals surface area contributed by atoms with E-state index in [-0.39, 0.29) is 29.3 Å². The highest BCUT2D eigenvalue weighted by Gasteiger charge is 2.28. The van der Waals surface area contributed by atoms with Gasteiger partial charge >= 0.3 is 5.97 Å². The van der Waals surface area contributed by atoms with Gasteiger partial charge in [0, 0.05) is 37.1 Å². The van der Waals surface area contributed by atoms with Gasteiger partial charge in [-0.2, -0.15) is 4.31 Å². The van der Waals surface area contributed by atoms with E-state index in [0.29, 0.717) is 24.3 Å². The van der Waals surface area contributed by atoms with E-state index in [1.807, 2.05) is 25.5 Å². The van der Waals surface area contributed by atoms with Crippen LogP contribution in [0.3, 0.4) is 0 Å². The van der Waals surface area contributed by atoms with Gasteiger partial charge < -0.3 is 14.0 Å². The first-order chi connectivity index (χ1) is 14.1. The molecule has 1 aromatic heterocycles. The highest BCUT2D eigenvalue weighted by atomic mass is 32.2. The number of ketones is 1. The summed E-state index contributed by atoms with van der Waals surface area (Å²) in [5, 5.41) is 0. The van der Waals surface area contributed by atoms with Crippen LogP contribution in [-0.2, 0) is 26.5 Å². The number of esters is 1. The first kappa shape index (κ1) is 22.2. The van der Waals surface area contributed by atoms with Gasteiger partial charge in [-0.3, -0.25) is 4.79 Å². The number of hydrogen-bond acceptors (Lipinski definition) is 6. The molecule has 2 aromatic rings. The molecule has 8 nitrogen and oxygen atoms in total. The summed E-state index contributed by atoms with van der Waals surface area (Å²) < 4.78 is 39.6. The van der Waals surface area contributed by atoms with E-state index in [1.54, 1.807) is 19.1 Å². The van der Waals surface area contributed by atoms with E-state index < -0.39 is 22.6 Å². The maximum atomic E-state index is 13.0. The quantitative estimate of drug-likeness (QED) is 0.510. The number of nitrogens with zero attached hydrogens (tertiary/aromatic N) is 2. The van der Waals surface area contributed by atoms with Crippen LogP contribution in [0.5, 0.6) is 0 Å². The first-order valence-corrected chi connectivity index (χ1v) is 11.1. The van der Waals surface area contributed by atoms with Crippen LogP contribution < -0.4 is 0 Å². The van der Waals surface area contributed by atoms with Crippen molar-refractivity contribution in [3.63, 3.8) is 0 Å². The summed E-state index contributed by atoms with van der Waals surface area (Å²) in [5.41, 5.74) is 2.84. The Morgan fingerprint density at radius 1 is 1.10 bits per heavy atom. The summed E-state index contributed by atoms with van der Waals surface area (Å²) in [5.74, 6) is -1.05. The van der Waals surface area contributed by atoms with Gasteiger partial charge in [0.25, 0.3) is 0 Å². The molecule has 2 heterocycles. The average molecular weight is 435 g/mol. The molecule has 0 saturated carbocycles. The second kappa shape index (κ2) is 8.71. The fourth-order valence-electron chi connectivity index (χ4n) is 3.36. The molecule has 162 valence electrons. The Bertz CT molecular complexity index is 1080. The van der Waals surface area contributed by atoms with Gasteiger partial charge in [0.2, 0.25) is 15.8 Å². The largest absolute Gasteiger partial charge is 0.454 e. The Labute approximate surface area is 176 Å². The third-order valence-electron chi connectivity index (χ3n) is 5.42. The van der Waals surface area contributed by atoms with Crippen LogP contribution in [0.4, 0.5) is 0 Å². The average Bonchev–Trinajstić information content (AvgIpc) is 3.00. The second-order valence-corrected chi connectivity index (χ2v) is 9.25. The van der Waals surface area contributed by atoms with E-state index >= 15 is 0 Å². The molecule has 1 aliphatic rings. The standard InChI is InChI=1S/C21H26N2O6S/c1-14-5-6-17(12-20(14)30(26,27)23-7-9-28-10-8-23)21(25)29-13-19(24)18-11-15(2)22(4)16(18)3/h5-6,11-12H,7-10,13H2,1-4H3. The van der Waals surface area contributed by atoms with Gasteiger partial charge in [0.05, 0.1) is 23.7 Å². The van der Waals surface area contributed by atoms with Gasteiger partial charge in [0.1, 0.15) is 0 Å². The molecule has 3 rings (SSSR count). The zero-order valence-corrected chi connectivity index (χ0v) is 18.4. The number of aromatic nitrogens is 1. The molecule has 0 spiro atoms. The Morgan fingerprint density at radius 3 is 2.37 bits per heavy atom. The van der Waals surface area contributed by atoms with Crippen molar-refractivity contribution in [2.24, 2.45) is 7.05 Å². The van der Waals surface area contributed by atoms with E-state index in [9.17, 15) is 18.0 Å². The molecule has 0 radical (unpaired) electrons. The van der Waals surface area contributed by atoms with Crippen molar-refractivity contribution in [1.82, 2.24) is 8.87 Å². The molecule has 0 N–H and O–H groups in total. The molecule has 30 heavy (non-hydrogen) atoms. The molecule has 0 bridgehead atoms. The predicted octanol–water partition coefficient (Wildman–Crippen LogP) is 2.01. The number of sulfonamides is 1. The number of morpholine rings is 1. The van der Waals surface area contributed by atoms with Crippen LogP contribution >= 0.6 is 0 Å². The van der Waals surface area contributed by atoms with Crippen LogP contribution in [0.15, 0.2) is 29.2 Å². The summed E-state index contributed by atoms with van der Waals surface area (Å²) in [6, 6.07) is 6.13. The van der Waals surface area contributed by atoms with Gasteiger partial charge in [-0.1, -0.05) is 6.07 Å². The SMILES string of the molecule is Cc1ccc(C(=O)OCC(=O)c2cc(C)n(C)c2C)cc1S(=O)(=O)N1CCOCC1. The zero-order chi connectivity index (χ0) is 22.1. The fourth-order valence-corrected chi connectivity index (χ4v) is 5.02. The summed E-state index contributed by atoms with van der Waals surface area (Å²) in [6.45, 7) is 6.17. The molecule has 0 atom stereocenters. The molecular formula is C21H26N2O6S. The van der Waals surface area contributed by atoms with Gasteiger partial charge in [-0.25, -0.2) is 13.2 Å². The highest BCUT2D eigenvalue weighted by molar-refractivity contribution is 7.89. The minimum absolute atomic E-state index is 0.0553. The van der Waals surface area contributed by atoms with E-state index in [4.69, 9.17) is 9.47 Å². The third kappa shape index (κ3) is 4.33. The lowest BCUT2D eigenvalue weighted by Crippen LogP contribution is -2.40. The van der Waals surface area contributed by atoms with Crippen LogP contribution in [0.25, 0.3) is 0 Å². The number of carbonyl (C=O) groups is 2. The van der Waals surface area contributed by atoms with E-state index in [2.05, 4.69) is 0 Å². The molecule has 1 saturated heterocycles. The first-order valence-electron chi connectivity index (χ1n) is 9.64. The summed E-state index contributed by atoms with van der Waals surface area (Å²) >= 11 is 0. The molecule has 0 aliphatic carbocycles. The number of rotatable bonds is 6. The Morgan fingerprint density at radius 2 is 1.77 bits per heavy atom. The number of carbonyl (C=O) groups excluding carboxylic acids is 2. The molecule has 1 aromatic carbocycles. The highest BCUT2D eigenvalue weighted by Crippen LogP contribution is 2.23. The van der Waals surface area contributed by atoms with Crippen molar-refractivity contribution in [3.05, 3.63) is 52.3 Å². The number of ether oxygens (including phenoxy) is 2. The minimum Gasteiger partial charge on any atom is -0.454 e. The van der Waals surface area contributed by atoms with E-state index in [0.717, 1.165) is 11.4 Å². The fraction of sp³-hybridized carbons (Fsp3) is 0.429. The maximum absolute atomic E-state index is 13.0. The van der Waals surface area contributed by atoms with Crippen molar-refractivity contribution in [3.8, 4) is 0 Å². The zero-order valence-electron chi connectivity index (χ0n) is 17.6. The Kier molecular flexibility index (Phi) is 6.44. The van der Waals surface area contributed by atoms with Crippen LogP contribution in [0, 0.1) is 20.8 Å². The van der Waals surface area contributed by atoms with Crippen molar-refractivity contribution >= 4 is 21.8 Å². The number of hydrogen-bond donors (Lipinski definition) is 0. The van der Waals surface area contributed by atoms with Crippen LogP contribution in [-0.4, -0.2) is 62.0 Å². The molecule has 1 aliphatic heterocycles. The molecule has 9 heteroatoms. The monoisotopic (exact) mass is 434 g/mol. The van der Waals surface area contributed by atoms with Gasteiger partial charge in [-0.15, -0.1) is 0 Å². The topological polar surface area (TPSA) is 94.9 Å². The van der Waals surface area contributed by atoms with Crippen molar-refractivity contribution in [1.29, 1.82) is 0 Å². The lowest BCUT2D eigenvalue weighted by Gasteiger charge is -2.26. The van der Waals surface area contributed by atoms with Crippen molar-refractivity contribution in [2.75, 3.05) is 32.9 Å². The summed E-state index contributed by atoms with van der Waals surface area (Å²) in [7, 11) is -1.90. The third-order valence-corrected chi connectivity index (χ3v) is 7.46. The lowest BCUT2D eigenvalue weighted by atomic mass is 10.1. The number of aryl methyl sites for hydroxylation is 2. The molecule has 1 fully saturated rings. The van der Waals surface area contributed by atoms with Crippen LogP contribution in [0.2, 0.25) is 0 Å². The van der Waals surface area contributed by atoms with Crippen LogP contribution in [0.1, 0.15) is 37.7 Å². The van der Waals surface area contributed by atoms with E-state index in [1.165, 1.54) is 16.4 Å². The minimum atomic E-state index is -3.75. The Hall–Kier alpha value is -2.49. The number of Topliss-reactive ketones (excluding diaryl/α,β-unsaturated/α-hetero) is 1. The number of benzene rings is 1. The van der Waals surface area contributed by atoms with Crippen molar-refractivity contribution < 1.29 is 27.5 Å². The molecule has 0 unspecified atom stereocenters. The van der Waals surface area contributed by atoms with Gasteiger partial charge in [0.15, 0.2) is 6.61 Å². The Balaban J connectivity index is 1.76.